The molecule has 0 aromatic heterocycles. The molecule has 18 heavy (non-hydrogen) atoms. The molecule has 94 valence electrons. The molecule has 0 N–H and O–H groups in total. The van der Waals surface area contributed by atoms with E-state index in [1.807, 2.05) is 24.3 Å². The number of hydrogen-bond acceptors (Lipinski definition) is 1. The van der Waals surface area contributed by atoms with Crippen molar-refractivity contribution in [3.05, 3.63) is 65.7 Å². The van der Waals surface area contributed by atoms with Gasteiger partial charge in [-0.15, -0.1) is 0 Å². The first-order chi connectivity index (χ1) is 8.81. The molecule has 0 fully saturated rings. The number of aryl methyl sites for hydroxylation is 1. The van der Waals surface area contributed by atoms with Crippen molar-refractivity contribution >= 4 is 0 Å². The summed E-state index contributed by atoms with van der Waals surface area (Å²) >= 11 is 0. The average Bonchev–Trinajstić information content (AvgIpc) is 2.42. The molecule has 2 rings (SSSR count). The molecule has 0 heterocycles. The van der Waals surface area contributed by atoms with Crippen LogP contribution >= 0.6 is 0 Å². The van der Waals surface area contributed by atoms with Crippen molar-refractivity contribution < 1.29 is 4.74 Å². The minimum absolute atomic E-state index is 0.150. The van der Waals surface area contributed by atoms with E-state index in [4.69, 9.17) is 4.74 Å². The standard InChI is InChI=1S/C17H20O/c1-3-9-17(15-11-5-4-6-12-15)18-16-13-8-7-10-14(16)2/h4-8,10-13,17H,3,9H2,1-2H3. The van der Waals surface area contributed by atoms with E-state index in [0.29, 0.717) is 0 Å². The molecule has 0 saturated carbocycles. The maximum atomic E-state index is 6.17. The van der Waals surface area contributed by atoms with E-state index in [0.717, 1.165) is 18.6 Å². The number of rotatable bonds is 5. The summed E-state index contributed by atoms with van der Waals surface area (Å²) in [5.74, 6) is 0.986. The molecule has 1 atom stereocenters. The summed E-state index contributed by atoms with van der Waals surface area (Å²) in [6, 6.07) is 18.6. The molecule has 0 saturated heterocycles. The second-order valence-electron chi connectivity index (χ2n) is 4.57. The molecule has 1 heteroatoms. The Morgan fingerprint density at radius 3 is 2.28 bits per heavy atom. The summed E-state index contributed by atoms with van der Waals surface area (Å²) in [4.78, 5) is 0. The van der Waals surface area contributed by atoms with Gasteiger partial charge in [-0.1, -0.05) is 61.9 Å². The predicted octanol–water partition coefficient (Wildman–Crippen LogP) is 4.92. The summed E-state index contributed by atoms with van der Waals surface area (Å²) in [7, 11) is 0. The van der Waals surface area contributed by atoms with Gasteiger partial charge in [-0.3, -0.25) is 0 Å². The minimum atomic E-state index is 0.150. The van der Waals surface area contributed by atoms with Crippen LogP contribution < -0.4 is 4.74 Å². The number of benzene rings is 2. The van der Waals surface area contributed by atoms with E-state index >= 15 is 0 Å². The molecular weight excluding hydrogens is 220 g/mol. The molecule has 0 aliphatic rings. The van der Waals surface area contributed by atoms with Crippen molar-refractivity contribution in [3.8, 4) is 5.75 Å². The van der Waals surface area contributed by atoms with Crippen LogP contribution in [0.4, 0.5) is 0 Å². The van der Waals surface area contributed by atoms with Crippen LogP contribution in [0.2, 0.25) is 0 Å². The van der Waals surface area contributed by atoms with Crippen molar-refractivity contribution in [2.45, 2.75) is 32.8 Å². The Labute approximate surface area is 109 Å². The second-order valence-corrected chi connectivity index (χ2v) is 4.57. The summed E-state index contributed by atoms with van der Waals surface area (Å²) in [6.07, 6.45) is 2.31. The molecule has 0 aliphatic carbocycles. The van der Waals surface area contributed by atoms with Gasteiger partial charge >= 0.3 is 0 Å². The minimum Gasteiger partial charge on any atom is -0.485 e. The first-order valence-electron chi connectivity index (χ1n) is 6.58. The Morgan fingerprint density at radius 1 is 0.944 bits per heavy atom. The lowest BCUT2D eigenvalue weighted by Gasteiger charge is -2.20. The van der Waals surface area contributed by atoms with E-state index in [9.17, 15) is 0 Å². The largest absolute Gasteiger partial charge is 0.485 e. The maximum absolute atomic E-state index is 6.17. The zero-order valence-electron chi connectivity index (χ0n) is 11.1. The highest BCUT2D eigenvalue weighted by Crippen LogP contribution is 2.27. The Hall–Kier alpha value is -1.76. The lowest BCUT2D eigenvalue weighted by Crippen LogP contribution is -2.08. The van der Waals surface area contributed by atoms with Gasteiger partial charge in [-0.05, 0) is 30.5 Å². The summed E-state index contributed by atoms with van der Waals surface area (Å²) in [5.41, 5.74) is 2.44. The third kappa shape index (κ3) is 3.13. The van der Waals surface area contributed by atoms with Crippen molar-refractivity contribution in [2.24, 2.45) is 0 Å². The van der Waals surface area contributed by atoms with E-state index < -0.39 is 0 Å². The van der Waals surface area contributed by atoms with Gasteiger partial charge in [0, 0.05) is 0 Å². The Balaban J connectivity index is 2.19. The molecular formula is C17H20O. The van der Waals surface area contributed by atoms with E-state index in [1.54, 1.807) is 0 Å². The van der Waals surface area contributed by atoms with Gasteiger partial charge in [-0.25, -0.2) is 0 Å². The summed E-state index contributed by atoms with van der Waals surface area (Å²) < 4.78 is 6.17. The van der Waals surface area contributed by atoms with Crippen LogP contribution in [0.15, 0.2) is 54.6 Å². The Kier molecular flexibility index (Phi) is 4.40. The van der Waals surface area contributed by atoms with Crippen LogP contribution in [-0.2, 0) is 0 Å². The van der Waals surface area contributed by atoms with Crippen molar-refractivity contribution in [3.63, 3.8) is 0 Å². The Morgan fingerprint density at radius 2 is 1.61 bits per heavy atom. The topological polar surface area (TPSA) is 9.23 Å². The van der Waals surface area contributed by atoms with Crippen LogP contribution in [0.25, 0.3) is 0 Å². The third-order valence-corrected chi connectivity index (χ3v) is 3.09. The summed E-state index contributed by atoms with van der Waals surface area (Å²) in [6.45, 7) is 4.28. The maximum Gasteiger partial charge on any atom is 0.124 e. The highest BCUT2D eigenvalue weighted by Gasteiger charge is 2.12. The Bertz CT molecular complexity index is 476. The fraction of sp³-hybridized carbons (Fsp3) is 0.294. The van der Waals surface area contributed by atoms with E-state index in [1.165, 1.54) is 11.1 Å². The van der Waals surface area contributed by atoms with E-state index in [2.05, 4.69) is 44.2 Å². The van der Waals surface area contributed by atoms with Crippen molar-refractivity contribution in [1.82, 2.24) is 0 Å². The summed E-state index contributed by atoms with van der Waals surface area (Å²) in [5, 5.41) is 0. The molecule has 2 aromatic rings. The molecule has 0 radical (unpaired) electrons. The van der Waals surface area contributed by atoms with Gasteiger partial charge in [0.05, 0.1) is 0 Å². The number of ether oxygens (including phenoxy) is 1. The van der Waals surface area contributed by atoms with Crippen molar-refractivity contribution in [2.75, 3.05) is 0 Å². The average molecular weight is 240 g/mol. The van der Waals surface area contributed by atoms with E-state index in [-0.39, 0.29) is 6.10 Å². The van der Waals surface area contributed by atoms with Crippen molar-refractivity contribution in [1.29, 1.82) is 0 Å². The molecule has 0 spiro atoms. The molecule has 1 nitrogen and oxygen atoms in total. The fourth-order valence-electron chi connectivity index (χ4n) is 2.07. The van der Waals surface area contributed by atoms with Gasteiger partial charge in [0.25, 0.3) is 0 Å². The van der Waals surface area contributed by atoms with Gasteiger partial charge in [0.1, 0.15) is 11.9 Å². The van der Waals surface area contributed by atoms with Gasteiger partial charge < -0.3 is 4.74 Å². The SMILES string of the molecule is CCCC(Oc1ccccc1C)c1ccccc1. The molecule has 0 amide bonds. The number of para-hydroxylation sites is 1. The molecule has 0 bridgehead atoms. The first-order valence-corrected chi connectivity index (χ1v) is 6.58. The van der Waals surface area contributed by atoms with Crippen LogP contribution in [0.3, 0.4) is 0 Å². The second kappa shape index (κ2) is 6.25. The van der Waals surface area contributed by atoms with Gasteiger partial charge in [0.15, 0.2) is 0 Å². The van der Waals surface area contributed by atoms with Crippen LogP contribution in [-0.4, -0.2) is 0 Å². The fourth-order valence-corrected chi connectivity index (χ4v) is 2.07. The quantitative estimate of drug-likeness (QED) is 0.721. The lowest BCUT2D eigenvalue weighted by molar-refractivity contribution is 0.192. The highest BCUT2D eigenvalue weighted by atomic mass is 16.5. The first kappa shape index (κ1) is 12.7. The van der Waals surface area contributed by atoms with Crippen LogP contribution in [0.5, 0.6) is 5.75 Å². The lowest BCUT2D eigenvalue weighted by atomic mass is 10.1. The normalized spacial score (nSPS) is 12.1. The van der Waals surface area contributed by atoms with Crippen LogP contribution in [0, 0.1) is 6.92 Å². The number of hydrogen-bond donors (Lipinski definition) is 0. The predicted molar refractivity (Wildman–Crippen MR) is 75.9 cm³/mol. The monoisotopic (exact) mass is 240 g/mol. The van der Waals surface area contributed by atoms with Gasteiger partial charge in [-0.2, -0.15) is 0 Å². The smallest absolute Gasteiger partial charge is 0.124 e. The van der Waals surface area contributed by atoms with Crippen LogP contribution in [0.1, 0.15) is 37.0 Å². The zero-order valence-corrected chi connectivity index (χ0v) is 11.1. The van der Waals surface area contributed by atoms with Gasteiger partial charge in [0.2, 0.25) is 0 Å². The zero-order chi connectivity index (χ0) is 12.8. The molecule has 2 aromatic carbocycles. The third-order valence-electron chi connectivity index (χ3n) is 3.09. The molecule has 1 unspecified atom stereocenters. The molecule has 0 aliphatic heterocycles. The highest BCUT2D eigenvalue weighted by molar-refractivity contribution is 5.32.